The summed E-state index contributed by atoms with van der Waals surface area (Å²) in [6.07, 6.45) is 2.79. The van der Waals surface area contributed by atoms with E-state index in [1.807, 2.05) is 6.92 Å². The highest BCUT2D eigenvalue weighted by molar-refractivity contribution is 7.89. The van der Waals surface area contributed by atoms with Crippen molar-refractivity contribution in [1.29, 1.82) is 0 Å². The average Bonchev–Trinajstić information content (AvgIpc) is 2.36. The molecule has 1 aromatic rings. The lowest BCUT2D eigenvalue weighted by molar-refractivity contribution is 0.247. The molecule has 0 saturated heterocycles. The van der Waals surface area contributed by atoms with Crippen LogP contribution in [0.3, 0.4) is 0 Å². The Balaban J connectivity index is 2.22. The molecule has 1 aliphatic carbocycles. The van der Waals surface area contributed by atoms with Crippen molar-refractivity contribution in [2.75, 3.05) is 6.61 Å². The first kappa shape index (κ1) is 16.0. The van der Waals surface area contributed by atoms with Crippen molar-refractivity contribution in [1.82, 2.24) is 4.72 Å². The van der Waals surface area contributed by atoms with E-state index in [9.17, 15) is 12.8 Å². The van der Waals surface area contributed by atoms with Gasteiger partial charge in [0, 0.05) is 17.5 Å². The number of hydrogen-bond acceptors (Lipinski definition) is 3. The second kappa shape index (κ2) is 6.14. The van der Waals surface area contributed by atoms with Gasteiger partial charge in [-0.05, 0) is 44.4 Å². The SMILES string of the molecule is CC1(NS(=O)(=O)c2ccc(C#CCCO)cc2F)CCC1. The molecule has 0 radical (unpaired) electrons. The van der Waals surface area contributed by atoms with Crippen molar-refractivity contribution in [2.45, 2.75) is 43.0 Å². The van der Waals surface area contributed by atoms with Crippen LogP contribution in [-0.4, -0.2) is 25.7 Å². The summed E-state index contributed by atoms with van der Waals surface area (Å²) >= 11 is 0. The van der Waals surface area contributed by atoms with Crippen molar-refractivity contribution in [2.24, 2.45) is 0 Å². The lowest BCUT2D eigenvalue weighted by atomic mass is 9.80. The van der Waals surface area contributed by atoms with Gasteiger partial charge in [0.2, 0.25) is 10.0 Å². The highest BCUT2D eigenvalue weighted by Gasteiger charge is 2.36. The fourth-order valence-electron chi connectivity index (χ4n) is 2.21. The summed E-state index contributed by atoms with van der Waals surface area (Å²) in [6, 6.07) is 3.79. The first-order valence-electron chi connectivity index (χ1n) is 6.80. The maximum absolute atomic E-state index is 14.0. The van der Waals surface area contributed by atoms with Gasteiger partial charge >= 0.3 is 0 Å². The first-order valence-corrected chi connectivity index (χ1v) is 8.28. The Labute approximate surface area is 124 Å². The second-order valence-electron chi connectivity index (χ2n) is 5.44. The Morgan fingerprint density at radius 1 is 1.43 bits per heavy atom. The molecule has 0 heterocycles. The van der Waals surface area contributed by atoms with Crippen LogP contribution in [-0.2, 0) is 10.0 Å². The molecule has 114 valence electrons. The van der Waals surface area contributed by atoms with E-state index in [0.717, 1.165) is 25.3 Å². The molecule has 0 bridgehead atoms. The third-order valence-corrected chi connectivity index (χ3v) is 5.20. The molecule has 0 unspecified atom stereocenters. The topological polar surface area (TPSA) is 66.4 Å². The highest BCUT2D eigenvalue weighted by Crippen LogP contribution is 2.33. The smallest absolute Gasteiger partial charge is 0.243 e. The number of halogens is 1. The van der Waals surface area contributed by atoms with Crippen LogP contribution in [0.4, 0.5) is 4.39 Å². The molecule has 1 aliphatic rings. The van der Waals surface area contributed by atoms with Crippen LogP contribution in [0.15, 0.2) is 23.1 Å². The van der Waals surface area contributed by atoms with Gasteiger partial charge in [-0.15, -0.1) is 0 Å². The van der Waals surface area contributed by atoms with E-state index in [1.54, 1.807) is 0 Å². The third-order valence-electron chi connectivity index (χ3n) is 3.53. The van der Waals surface area contributed by atoms with Crippen LogP contribution in [0.1, 0.15) is 38.2 Å². The van der Waals surface area contributed by atoms with Crippen molar-refractivity contribution < 1.29 is 17.9 Å². The number of aliphatic hydroxyl groups excluding tert-OH is 1. The van der Waals surface area contributed by atoms with E-state index in [1.165, 1.54) is 12.1 Å². The number of nitrogens with one attached hydrogen (secondary N) is 1. The normalized spacial score (nSPS) is 16.7. The number of hydrogen-bond donors (Lipinski definition) is 2. The van der Waals surface area contributed by atoms with Gasteiger partial charge in [-0.1, -0.05) is 11.8 Å². The number of rotatable bonds is 4. The summed E-state index contributed by atoms with van der Waals surface area (Å²) in [4.78, 5) is -0.358. The summed E-state index contributed by atoms with van der Waals surface area (Å²) in [5.41, 5.74) is -0.0834. The fourth-order valence-corrected chi connectivity index (χ4v) is 3.73. The molecule has 0 atom stereocenters. The van der Waals surface area contributed by atoms with E-state index < -0.39 is 21.4 Å². The molecule has 1 fully saturated rings. The Hall–Kier alpha value is -1.42. The van der Waals surface area contributed by atoms with Gasteiger partial charge in [-0.25, -0.2) is 17.5 Å². The zero-order chi connectivity index (χ0) is 15.5. The highest BCUT2D eigenvalue weighted by atomic mass is 32.2. The average molecular weight is 311 g/mol. The van der Waals surface area contributed by atoms with E-state index in [2.05, 4.69) is 16.6 Å². The zero-order valence-corrected chi connectivity index (χ0v) is 12.6. The standard InChI is InChI=1S/C15H18FNO3S/c1-15(8-4-9-15)17-21(19,20)14-7-6-12(11-13(14)16)5-2-3-10-18/h6-7,11,17-18H,3-4,8-10H2,1H3. The number of benzene rings is 1. The number of sulfonamides is 1. The molecule has 1 aromatic carbocycles. The van der Waals surface area contributed by atoms with Gasteiger partial charge in [0.15, 0.2) is 0 Å². The molecular formula is C15H18FNO3S. The van der Waals surface area contributed by atoms with Crippen LogP contribution >= 0.6 is 0 Å². The maximum atomic E-state index is 14.0. The van der Waals surface area contributed by atoms with Crippen LogP contribution < -0.4 is 4.72 Å². The summed E-state index contributed by atoms with van der Waals surface area (Å²) in [5.74, 6) is 4.51. The molecule has 0 aromatic heterocycles. The monoisotopic (exact) mass is 311 g/mol. The molecule has 0 aliphatic heterocycles. The van der Waals surface area contributed by atoms with Crippen LogP contribution in [0.25, 0.3) is 0 Å². The van der Waals surface area contributed by atoms with Crippen molar-refractivity contribution >= 4 is 10.0 Å². The predicted octanol–water partition coefficient (Wildman–Crippen LogP) is 1.78. The minimum atomic E-state index is -3.86. The Morgan fingerprint density at radius 2 is 2.14 bits per heavy atom. The quantitative estimate of drug-likeness (QED) is 0.833. The number of aliphatic hydroxyl groups is 1. The summed E-state index contributed by atoms with van der Waals surface area (Å²) < 4.78 is 41.0. The molecule has 0 amide bonds. The Kier molecular flexibility index (Phi) is 4.67. The Bertz CT molecular complexity index is 685. The van der Waals surface area contributed by atoms with Crippen LogP contribution in [0.2, 0.25) is 0 Å². The largest absolute Gasteiger partial charge is 0.395 e. The van der Waals surface area contributed by atoms with Gasteiger partial charge < -0.3 is 5.11 Å². The molecule has 2 rings (SSSR count). The third kappa shape index (κ3) is 3.82. The van der Waals surface area contributed by atoms with Crippen LogP contribution in [0, 0.1) is 17.7 Å². The van der Waals surface area contributed by atoms with E-state index in [0.29, 0.717) is 12.0 Å². The minimum absolute atomic E-state index is 0.0650. The van der Waals surface area contributed by atoms with Gasteiger partial charge in [0.1, 0.15) is 10.7 Å². The zero-order valence-electron chi connectivity index (χ0n) is 11.8. The molecular weight excluding hydrogens is 293 g/mol. The van der Waals surface area contributed by atoms with E-state index >= 15 is 0 Å². The van der Waals surface area contributed by atoms with Gasteiger partial charge in [-0.3, -0.25) is 0 Å². The fraction of sp³-hybridized carbons (Fsp3) is 0.467. The summed E-state index contributed by atoms with van der Waals surface area (Å²) in [5, 5.41) is 8.62. The first-order chi connectivity index (χ1) is 9.86. The predicted molar refractivity (Wildman–Crippen MR) is 77.6 cm³/mol. The van der Waals surface area contributed by atoms with Crippen molar-refractivity contribution in [3.63, 3.8) is 0 Å². The van der Waals surface area contributed by atoms with E-state index in [-0.39, 0.29) is 11.5 Å². The van der Waals surface area contributed by atoms with E-state index in [4.69, 9.17) is 5.11 Å². The molecule has 6 heteroatoms. The lowest BCUT2D eigenvalue weighted by Gasteiger charge is -2.38. The van der Waals surface area contributed by atoms with Gasteiger partial charge in [0.05, 0.1) is 6.61 Å². The van der Waals surface area contributed by atoms with Crippen LogP contribution in [0.5, 0.6) is 0 Å². The second-order valence-corrected chi connectivity index (χ2v) is 7.09. The Morgan fingerprint density at radius 3 is 2.67 bits per heavy atom. The van der Waals surface area contributed by atoms with Crippen molar-refractivity contribution in [3.05, 3.63) is 29.6 Å². The van der Waals surface area contributed by atoms with Gasteiger partial charge in [-0.2, -0.15) is 0 Å². The molecule has 0 spiro atoms. The van der Waals surface area contributed by atoms with Crippen molar-refractivity contribution in [3.8, 4) is 11.8 Å². The molecule has 1 saturated carbocycles. The minimum Gasteiger partial charge on any atom is -0.395 e. The summed E-state index contributed by atoms with van der Waals surface area (Å²) in [6.45, 7) is 1.76. The molecule has 21 heavy (non-hydrogen) atoms. The summed E-state index contributed by atoms with van der Waals surface area (Å²) in [7, 11) is -3.86. The maximum Gasteiger partial charge on any atom is 0.243 e. The molecule has 2 N–H and O–H groups in total. The molecule has 4 nitrogen and oxygen atoms in total. The van der Waals surface area contributed by atoms with Gasteiger partial charge in [0.25, 0.3) is 0 Å². The lowest BCUT2D eigenvalue weighted by Crippen LogP contribution is -2.50.